The predicted molar refractivity (Wildman–Crippen MR) is 77.8 cm³/mol. The van der Waals surface area contributed by atoms with Crippen molar-refractivity contribution in [3.8, 4) is 11.6 Å². The summed E-state index contributed by atoms with van der Waals surface area (Å²) in [5.74, 6) is 0.00870. The summed E-state index contributed by atoms with van der Waals surface area (Å²) < 4.78 is 20.6. The van der Waals surface area contributed by atoms with E-state index in [0.29, 0.717) is 27.0 Å². The summed E-state index contributed by atoms with van der Waals surface area (Å²) in [4.78, 5) is 7.34. The number of ether oxygens (including phenoxy) is 1. The lowest BCUT2D eigenvalue weighted by Gasteiger charge is -2.05. The summed E-state index contributed by atoms with van der Waals surface area (Å²) in [6.45, 7) is 0. The Balaban J connectivity index is 2.34. The maximum absolute atomic E-state index is 13.5. The Labute approximate surface area is 123 Å². The minimum absolute atomic E-state index is 0.291. The third-order valence-corrected chi connectivity index (χ3v) is 3.32. The number of fused-ring (bicyclic) bond motifs is 1. The fourth-order valence-corrected chi connectivity index (χ4v) is 2.51. The van der Waals surface area contributed by atoms with E-state index in [9.17, 15) is 4.39 Å². The van der Waals surface area contributed by atoms with Crippen molar-refractivity contribution in [1.82, 2.24) is 14.5 Å². The molecule has 0 bridgehead atoms. The molecule has 102 valence electrons. The van der Waals surface area contributed by atoms with Crippen molar-refractivity contribution >= 4 is 35.0 Å². The van der Waals surface area contributed by atoms with Gasteiger partial charge in [-0.3, -0.25) is 4.57 Å². The molecule has 0 unspecified atom stereocenters. The van der Waals surface area contributed by atoms with Crippen molar-refractivity contribution < 1.29 is 9.13 Å². The zero-order valence-electron chi connectivity index (χ0n) is 10.4. The van der Waals surface area contributed by atoms with Gasteiger partial charge >= 0.3 is 0 Å². The number of hydrogen-bond acceptors (Lipinski definition) is 3. The van der Waals surface area contributed by atoms with Crippen LogP contribution in [0.4, 0.5) is 4.39 Å². The number of nitrogens with one attached hydrogen (secondary N) is 1. The van der Waals surface area contributed by atoms with Gasteiger partial charge in [0.1, 0.15) is 5.82 Å². The molecule has 2 aromatic heterocycles. The second kappa shape index (κ2) is 4.88. The molecule has 0 aliphatic heterocycles. The third-order valence-electron chi connectivity index (χ3n) is 2.82. The summed E-state index contributed by atoms with van der Waals surface area (Å²) in [6, 6.07) is 7.72. The van der Waals surface area contributed by atoms with Gasteiger partial charge in [-0.05, 0) is 36.5 Å². The molecule has 0 atom stereocenters. The Morgan fingerprint density at radius 3 is 2.85 bits per heavy atom. The standard InChI is InChI=1S/C13H9ClFN3OS/c1-19-11-3-2-10-12(17-11)18(13(20)16-10)9-5-7(14)4-8(15)6-9/h2-6H,1H3,(H,16,20). The Kier molecular flexibility index (Phi) is 3.19. The van der Waals surface area contributed by atoms with Crippen LogP contribution < -0.4 is 4.74 Å². The van der Waals surface area contributed by atoms with Crippen molar-refractivity contribution in [3.63, 3.8) is 0 Å². The monoisotopic (exact) mass is 309 g/mol. The highest BCUT2D eigenvalue weighted by molar-refractivity contribution is 7.71. The number of hydrogen-bond donors (Lipinski definition) is 1. The minimum atomic E-state index is -0.438. The summed E-state index contributed by atoms with van der Waals surface area (Å²) in [5, 5.41) is 0.291. The molecule has 3 aromatic rings. The average molecular weight is 310 g/mol. The van der Waals surface area contributed by atoms with E-state index < -0.39 is 5.82 Å². The number of nitrogens with zero attached hydrogens (tertiary/aromatic N) is 2. The molecule has 0 fully saturated rings. The molecule has 1 aromatic carbocycles. The Bertz CT molecular complexity index is 838. The van der Waals surface area contributed by atoms with Crippen LogP contribution in [0.25, 0.3) is 16.9 Å². The molecular formula is C13H9ClFN3OS. The third kappa shape index (κ3) is 2.17. The van der Waals surface area contributed by atoms with Gasteiger partial charge in [0.15, 0.2) is 10.4 Å². The van der Waals surface area contributed by atoms with Gasteiger partial charge in [0.25, 0.3) is 0 Å². The van der Waals surface area contributed by atoms with E-state index in [-0.39, 0.29) is 0 Å². The molecule has 0 aliphatic rings. The molecule has 0 aliphatic carbocycles. The topological polar surface area (TPSA) is 42.8 Å². The average Bonchev–Trinajstić information content (AvgIpc) is 2.72. The molecule has 1 N–H and O–H groups in total. The van der Waals surface area contributed by atoms with Crippen LogP contribution in [0.5, 0.6) is 5.88 Å². The molecule has 0 saturated carbocycles. The van der Waals surface area contributed by atoms with Gasteiger partial charge in [0.05, 0.1) is 18.3 Å². The van der Waals surface area contributed by atoms with E-state index in [0.717, 1.165) is 5.52 Å². The molecule has 2 heterocycles. The molecule has 0 spiro atoms. The first-order valence-electron chi connectivity index (χ1n) is 5.71. The Morgan fingerprint density at radius 1 is 1.35 bits per heavy atom. The smallest absolute Gasteiger partial charge is 0.215 e. The fourth-order valence-electron chi connectivity index (χ4n) is 1.99. The lowest BCUT2D eigenvalue weighted by Crippen LogP contribution is -1.97. The predicted octanol–water partition coefficient (Wildman–Crippen LogP) is 3.88. The highest BCUT2D eigenvalue weighted by atomic mass is 35.5. The van der Waals surface area contributed by atoms with E-state index in [1.807, 2.05) is 0 Å². The van der Waals surface area contributed by atoms with E-state index >= 15 is 0 Å². The quantitative estimate of drug-likeness (QED) is 0.730. The molecule has 0 amide bonds. The number of benzene rings is 1. The van der Waals surface area contributed by atoms with Crippen LogP contribution in [-0.4, -0.2) is 21.6 Å². The number of rotatable bonds is 2. The van der Waals surface area contributed by atoms with Crippen LogP contribution >= 0.6 is 23.8 Å². The van der Waals surface area contributed by atoms with Crippen molar-refractivity contribution in [3.05, 3.63) is 45.9 Å². The number of aromatic amines is 1. The van der Waals surface area contributed by atoms with Gasteiger partial charge in [-0.25, -0.2) is 4.39 Å². The summed E-state index contributed by atoms with van der Waals surface area (Å²) >= 11 is 11.1. The summed E-state index contributed by atoms with van der Waals surface area (Å²) in [6.07, 6.45) is 0. The fraction of sp³-hybridized carbons (Fsp3) is 0.0769. The second-order valence-electron chi connectivity index (χ2n) is 4.12. The first-order chi connectivity index (χ1) is 9.58. The van der Waals surface area contributed by atoms with Crippen molar-refractivity contribution in [2.45, 2.75) is 0 Å². The van der Waals surface area contributed by atoms with E-state index in [1.165, 1.54) is 19.2 Å². The Morgan fingerprint density at radius 2 is 2.15 bits per heavy atom. The lowest BCUT2D eigenvalue weighted by atomic mass is 10.3. The minimum Gasteiger partial charge on any atom is -0.481 e. The Hall–Kier alpha value is -1.92. The molecule has 0 saturated heterocycles. The van der Waals surface area contributed by atoms with E-state index in [2.05, 4.69) is 9.97 Å². The summed E-state index contributed by atoms with van der Waals surface area (Å²) in [7, 11) is 1.53. The zero-order valence-corrected chi connectivity index (χ0v) is 11.9. The van der Waals surface area contributed by atoms with E-state index in [1.54, 1.807) is 22.8 Å². The van der Waals surface area contributed by atoms with Gasteiger partial charge in [0, 0.05) is 11.1 Å². The van der Waals surface area contributed by atoms with Crippen molar-refractivity contribution in [1.29, 1.82) is 0 Å². The number of pyridine rings is 1. The number of aromatic nitrogens is 3. The molecular weight excluding hydrogens is 301 g/mol. The number of H-pyrrole nitrogens is 1. The maximum atomic E-state index is 13.5. The van der Waals surface area contributed by atoms with Gasteiger partial charge in [-0.2, -0.15) is 4.98 Å². The zero-order chi connectivity index (χ0) is 14.3. The van der Waals surface area contributed by atoms with E-state index in [4.69, 9.17) is 28.6 Å². The first-order valence-corrected chi connectivity index (χ1v) is 6.49. The number of imidazole rings is 1. The SMILES string of the molecule is COc1ccc2[nH]c(=S)n(-c3cc(F)cc(Cl)c3)c2n1. The van der Waals surface area contributed by atoms with Crippen LogP contribution in [-0.2, 0) is 0 Å². The van der Waals surface area contributed by atoms with Crippen LogP contribution in [0.1, 0.15) is 0 Å². The van der Waals surface area contributed by atoms with Crippen molar-refractivity contribution in [2.24, 2.45) is 0 Å². The van der Waals surface area contributed by atoms with Crippen LogP contribution in [0.15, 0.2) is 30.3 Å². The maximum Gasteiger partial charge on any atom is 0.215 e. The first kappa shape index (κ1) is 13.1. The van der Waals surface area contributed by atoms with Crippen molar-refractivity contribution in [2.75, 3.05) is 7.11 Å². The highest BCUT2D eigenvalue weighted by Gasteiger charge is 2.11. The number of halogens is 2. The molecule has 20 heavy (non-hydrogen) atoms. The van der Waals surface area contributed by atoms with Gasteiger partial charge in [0.2, 0.25) is 5.88 Å². The number of methoxy groups -OCH3 is 1. The highest BCUT2D eigenvalue weighted by Crippen LogP contribution is 2.23. The normalized spacial score (nSPS) is 10.9. The lowest BCUT2D eigenvalue weighted by molar-refractivity contribution is 0.399. The molecule has 7 heteroatoms. The molecule has 4 nitrogen and oxygen atoms in total. The van der Waals surface area contributed by atoms with Gasteiger partial charge in [-0.15, -0.1) is 0 Å². The van der Waals surface area contributed by atoms with Crippen LogP contribution in [0.3, 0.4) is 0 Å². The van der Waals surface area contributed by atoms with Crippen LogP contribution in [0.2, 0.25) is 5.02 Å². The largest absolute Gasteiger partial charge is 0.481 e. The molecule has 3 rings (SSSR count). The summed E-state index contributed by atoms with van der Waals surface area (Å²) in [5.41, 5.74) is 1.79. The molecule has 0 radical (unpaired) electrons. The van der Waals surface area contributed by atoms with Gasteiger partial charge < -0.3 is 9.72 Å². The van der Waals surface area contributed by atoms with Crippen LogP contribution in [0, 0.1) is 10.6 Å². The van der Waals surface area contributed by atoms with Gasteiger partial charge in [-0.1, -0.05) is 11.6 Å². The second-order valence-corrected chi connectivity index (χ2v) is 4.94.